The minimum absolute atomic E-state index is 0.0269. The molecule has 1 aliphatic carbocycles. The second-order valence-corrected chi connectivity index (χ2v) is 5.48. The van der Waals surface area contributed by atoms with Crippen LogP contribution in [0.25, 0.3) is 11.5 Å². The van der Waals surface area contributed by atoms with E-state index in [9.17, 15) is 5.11 Å². The minimum Gasteiger partial charge on any atom is -0.506 e. The van der Waals surface area contributed by atoms with Gasteiger partial charge in [0.2, 0.25) is 0 Å². The van der Waals surface area contributed by atoms with Gasteiger partial charge in [0, 0.05) is 11.5 Å². The van der Waals surface area contributed by atoms with Gasteiger partial charge < -0.3 is 15.4 Å². The lowest BCUT2D eigenvalue weighted by Gasteiger charge is -1.99. The Morgan fingerprint density at radius 2 is 2.17 bits per heavy atom. The fourth-order valence-electron chi connectivity index (χ4n) is 2.08. The van der Waals surface area contributed by atoms with Gasteiger partial charge in [0.15, 0.2) is 5.82 Å². The summed E-state index contributed by atoms with van der Waals surface area (Å²) in [6.07, 6.45) is 1.08. The van der Waals surface area contributed by atoms with E-state index in [0.717, 1.165) is 12.2 Å². The molecule has 1 aliphatic rings. The summed E-state index contributed by atoms with van der Waals surface area (Å²) in [5, 5.41) is 13.6. The summed E-state index contributed by atoms with van der Waals surface area (Å²) in [7, 11) is 0. The molecular formula is C13H15N3O2. The molecule has 18 heavy (non-hydrogen) atoms. The Morgan fingerprint density at radius 1 is 1.44 bits per heavy atom. The van der Waals surface area contributed by atoms with Crippen molar-refractivity contribution in [1.29, 1.82) is 0 Å². The monoisotopic (exact) mass is 245 g/mol. The van der Waals surface area contributed by atoms with E-state index in [1.165, 1.54) is 6.07 Å². The smallest absolute Gasteiger partial charge is 0.258 e. The number of aromatic hydroxyl groups is 1. The van der Waals surface area contributed by atoms with Crippen LogP contribution in [0.4, 0.5) is 5.69 Å². The number of benzene rings is 1. The van der Waals surface area contributed by atoms with Crippen LogP contribution in [-0.2, 0) is 0 Å². The van der Waals surface area contributed by atoms with E-state index in [2.05, 4.69) is 24.0 Å². The first kappa shape index (κ1) is 11.1. The van der Waals surface area contributed by atoms with E-state index in [0.29, 0.717) is 23.1 Å². The molecule has 1 unspecified atom stereocenters. The summed E-state index contributed by atoms with van der Waals surface area (Å²) < 4.78 is 5.23. The Morgan fingerprint density at radius 3 is 2.78 bits per heavy atom. The Kier molecular flexibility index (Phi) is 2.14. The van der Waals surface area contributed by atoms with Crippen molar-refractivity contribution in [3.8, 4) is 17.2 Å². The lowest BCUT2D eigenvalue weighted by molar-refractivity contribution is 0.419. The van der Waals surface area contributed by atoms with E-state index >= 15 is 0 Å². The number of rotatable bonds is 2. The van der Waals surface area contributed by atoms with E-state index < -0.39 is 0 Å². The van der Waals surface area contributed by atoms with Crippen LogP contribution in [0.2, 0.25) is 0 Å². The molecule has 1 saturated carbocycles. The van der Waals surface area contributed by atoms with Crippen LogP contribution in [0.5, 0.6) is 5.75 Å². The van der Waals surface area contributed by atoms with Gasteiger partial charge in [-0.1, -0.05) is 19.0 Å². The molecule has 1 atom stereocenters. The molecule has 0 aliphatic heterocycles. The molecule has 0 amide bonds. The van der Waals surface area contributed by atoms with Crippen LogP contribution in [0.1, 0.15) is 32.0 Å². The summed E-state index contributed by atoms with van der Waals surface area (Å²) in [6.45, 7) is 4.37. The zero-order valence-electron chi connectivity index (χ0n) is 10.3. The van der Waals surface area contributed by atoms with Crippen LogP contribution < -0.4 is 5.73 Å². The summed E-state index contributed by atoms with van der Waals surface area (Å²) in [4.78, 5) is 4.38. The Balaban J connectivity index is 1.91. The fraction of sp³-hybridized carbons (Fsp3) is 0.385. The lowest BCUT2D eigenvalue weighted by atomic mass is 10.1. The van der Waals surface area contributed by atoms with Crippen molar-refractivity contribution in [1.82, 2.24) is 10.1 Å². The van der Waals surface area contributed by atoms with Gasteiger partial charge >= 0.3 is 0 Å². The number of hydrogen-bond donors (Lipinski definition) is 2. The first-order valence-corrected chi connectivity index (χ1v) is 5.90. The molecule has 5 nitrogen and oxygen atoms in total. The predicted molar refractivity (Wildman–Crippen MR) is 67.0 cm³/mol. The van der Waals surface area contributed by atoms with Crippen molar-refractivity contribution < 1.29 is 9.63 Å². The predicted octanol–water partition coefficient (Wildman–Crippen LogP) is 2.54. The molecule has 2 aromatic rings. The highest BCUT2D eigenvalue weighted by Crippen LogP contribution is 2.57. The zero-order valence-corrected chi connectivity index (χ0v) is 10.3. The van der Waals surface area contributed by atoms with E-state index in [4.69, 9.17) is 10.3 Å². The van der Waals surface area contributed by atoms with Crippen molar-refractivity contribution in [2.75, 3.05) is 5.73 Å². The molecule has 1 aromatic carbocycles. The molecule has 0 saturated heterocycles. The van der Waals surface area contributed by atoms with Crippen LogP contribution in [0, 0.1) is 5.41 Å². The molecule has 0 bridgehead atoms. The summed E-state index contributed by atoms with van der Waals surface area (Å²) in [6, 6.07) is 4.91. The number of anilines is 1. The van der Waals surface area contributed by atoms with Crippen LogP contribution >= 0.6 is 0 Å². The molecule has 0 spiro atoms. The van der Waals surface area contributed by atoms with Crippen LogP contribution in [0.15, 0.2) is 22.7 Å². The number of phenols is 1. The van der Waals surface area contributed by atoms with Gasteiger partial charge in [0.25, 0.3) is 5.89 Å². The molecule has 0 radical (unpaired) electrons. The summed E-state index contributed by atoms with van der Waals surface area (Å²) in [5.74, 6) is 1.56. The summed E-state index contributed by atoms with van der Waals surface area (Å²) in [5.41, 5.74) is 6.83. The molecule has 1 aromatic heterocycles. The van der Waals surface area contributed by atoms with Gasteiger partial charge in [-0.2, -0.15) is 4.98 Å². The average molecular weight is 245 g/mol. The van der Waals surface area contributed by atoms with E-state index in [1.54, 1.807) is 12.1 Å². The topological polar surface area (TPSA) is 85.2 Å². The van der Waals surface area contributed by atoms with Gasteiger partial charge in [0.05, 0.1) is 5.69 Å². The maximum Gasteiger partial charge on any atom is 0.258 e. The quantitative estimate of drug-likeness (QED) is 0.627. The zero-order chi connectivity index (χ0) is 12.9. The third kappa shape index (κ3) is 1.72. The molecule has 5 heteroatoms. The van der Waals surface area contributed by atoms with Crippen molar-refractivity contribution in [3.63, 3.8) is 0 Å². The van der Waals surface area contributed by atoms with Crippen LogP contribution in [0.3, 0.4) is 0 Å². The van der Waals surface area contributed by atoms with Crippen molar-refractivity contribution in [2.45, 2.75) is 26.2 Å². The standard InChI is InChI=1S/C13H15N3O2/c1-13(2)6-8(13)11-15-12(18-16-11)7-3-4-9(14)10(17)5-7/h3-5,8,17H,6,14H2,1-2H3. The Bertz CT molecular complexity index is 604. The van der Waals surface area contributed by atoms with Gasteiger partial charge in [-0.25, -0.2) is 0 Å². The normalized spacial score (nSPS) is 20.9. The minimum atomic E-state index is 0.0269. The number of nitrogens with two attached hydrogens (primary N) is 1. The second kappa shape index (κ2) is 3.48. The molecule has 1 heterocycles. The van der Waals surface area contributed by atoms with Crippen molar-refractivity contribution in [2.24, 2.45) is 5.41 Å². The average Bonchev–Trinajstić information content (AvgIpc) is 2.78. The highest BCUT2D eigenvalue weighted by atomic mass is 16.5. The largest absolute Gasteiger partial charge is 0.506 e. The number of phenolic OH excluding ortho intramolecular Hbond substituents is 1. The van der Waals surface area contributed by atoms with Gasteiger partial charge in [-0.3, -0.25) is 0 Å². The van der Waals surface area contributed by atoms with Gasteiger partial charge in [-0.05, 0) is 30.0 Å². The highest BCUT2D eigenvalue weighted by molar-refractivity contribution is 5.63. The first-order chi connectivity index (χ1) is 8.47. The number of aromatic nitrogens is 2. The van der Waals surface area contributed by atoms with Crippen LogP contribution in [-0.4, -0.2) is 15.2 Å². The van der Waals surface area contributed by atoms with Gasteiger partial charge in [-0.15, -0.1) is 0 Å². The number of hydrogen-bond acceptors (Lipinski definition) is 5. The highest BCUT2D eigenvalue weighted by Gasteiger charge is 2.49. The van der Waals surface area contributed by atoms with E-state index in [-0.39, 0.29) is 11.2 Å². The molecular weight excluding hydrogens is 230 g/mol. The Hall–Kier alpha value is -2.04. The molecule has 3 N–H and O–H groups in total. The van der Waals surface area contributed by atoms with E-state index in [1.807, 2.05) is 0 Å². The number of nitrogens with zero attached hydrogens (tertiary/aromatic N) is 2. The third-order valence-electron chi connectivity index (χ3n) is 3.54. The van der Waals surface area contributed by atoms with Crippen molar-refractivity contribution >= 4 is 5.69 Å². The summed E-state index contributed by atoms with van der Waals surface area (Å²) >= 11 is 0. The maximum absolute atomic E-state index is 9.56. The SMILES string of the molecule is CC1(C)CC1c1noc(-c2ccc(N)c(O)c2)n1. The van der Waals surface area contributed by atoms with Crippen molar-refractivity contribution in [3.05, 3.63) is 24.0 Å². The number of nitrogen functional groups attached to an aromatic ring is 1. The third-order valence-corrected chi connectivity index (χ3v) is 3.54. The Labute approximate surface area is 105 Å². The lowest BCUT2D eigenvalue weighted by Crippen LogP contribution is -1.92. The fourth-order valence-corrected chi connectivity index (χ4v) is 2.08. The second-order valence-electron chi connectivity index (χ2n) is 5.48. The van der Waals surface area contributed by atoms with Gasteiger partial charge in [0.1, 0.15) is 5.75 Å². The first-order valence-electron chi connectivity index (χ1n) is 5.90. The maximum atomic E-state index is 9.56. The molecule has 94 valence electrons. The molecule has 1 fully saturated rings. The molecule has 3 rings (SSSR count).